The van der Waals surface area contributed by atoms with Crippen LogP contribution in [0.3, 0.4) is 0 Å². The first kappa shape index (κ1) is 10.7. The Bertz CT molecular complexity index is 615. The highest BCUT2D eigenvalue weighted by molar-refractivity contribution is 5.40. The summed E-state index contributed by atoms with van der Waals surface area (Å²) in [5.74, 6) is 1.52. The van der Waals surface area contributed by atoms with Crippen molar-refractivity contribution in [2.75, 3.05) is 0 Å². The van der Waals surface area contributed by atoms with Crippen molar-refractivity contribution in [2.45, 2.75) is 57.4 Å². The lowest BCUT2D eigenvalue weighted by molar-refractivity contribution is -0.0226. The van der Waals surface area contributed by atoms with E-state index in [4.69, 9.17) is 2.74 Å². The number of aromatic hydroxyl groups is 1. The number of rotatable bonds is 0. The van der Waals surface area contributed by atoms with Crippen LogP contribution in [0, 0.1) is 17.3 Å². The molecule has 2 heteroatoms. The van der Waals surface area contributed by atoms with E-state index in [-0.39, 0.29) is 11.3 Å². The minimum Gasteiger partial charge on any atom is -0.508 e. The van der Waals surface area contributed by atoms with Gasteiger partial charge in [-0.05, 0) is 84.9 Å². The highest BCUT2D eigenvalue weighted by Crippen LogP contribution is 2.60. The van der Waals surface area contributed by atoms with Gasteiger partial charge in [0.2, 0.25) is 0 Å². The Morgan fingerprint density at radius 3 is 3.00 bits per heavy atom. The van der Waals surface area contributed by atoms with E-state index in [1.165, 1.54) is 11.1 Å². The Kier molecular flexibility index (Phi) is 2.26. The third kappa shape index (κ3) is 1.60. The van der Waals surface area contributed by atoms with Gasteiger partial charge in [0.15, 0.2) is 0 Å². The summed E-state index contributed by atoms with van der Waals surface area (Å²) in [7, 11) is 0. The molecule has 0 aromatic heterocycles. The molecular weight excluding hydrogens is 248 g/mol. The van der Waals surface area contributed by atoms with Gasteiger partial charge in [0, 0.05) is 2.74 Å². The predicted octanol–water partition coefficient (Wildman–Crippen LogP) is 3.61. The van der Waals surface area contributed by atoms with Crippen molar-refractivity contribution < 1.29 is 13.0 Å². The summed E-state index contributed by atoms with van der Waals surface area (Å²) in [5, 5.41) is 20.2. The number of benzene rings is 1. The van der Waals surface area contributed by atoms with Crippen LogP contribution in [0.4, 0.5) is 0 Å². The molecule has 0 heterocycles. The van der Waals surface area contributed by atoms with Crippen LogP contribution < -0.4 is 0 Å². The second-order valence-electron chi connectivity index (χ2n) is 7.15. The number of aliphatic hydroxyl groups excluding tert-OH is 1. The van der Waals surface area contributed by atoms with Gasteiger partial charge >= 0.3 is 0 Å². The van der Waals surface area contributed by atoms with Crippen LogP contribution in [0.1, 0.15) is 58.8 Å². The number of hydrogen-bond acceptors (Lipinski definition) is 2. The van der Waals surface area contributed by atoms with Crippen molar-refractivity contribution in [3.63, 3.8) is 0 Å². The summed E-state index contributed by atoms with van der Waals surface area (Å²) < 4.78 is 16.4. The number of hydrogen-bond donors (Lipinski definition) is 2. The molecule has 3 aliphatic carbocycles. The van der Waals surface area contributed by atoms with Gasteiger partial charge in [-0.25, -0.2) is 0 Å². The van der Waals surface area contributed by atoms with E-state index in [0.29, 0.717) is 24.0 Å². The van der Waals surface area contributed by atoms with Crippen LogP contribution in [0.5, 0.6) is 5.75 Å². The largest absolute Gasteiger partial charge is 0.508 e. The Labute approximate surface area is 123 Å². The molecule has 3 aliphatic rings. The molecule has 2 N–H and O–H groups in total. The standard InChI is InChI=1S/C18H24O2/c1-18-9-8-14-13-5-3-12(19)10-11(13)2-4-15(14)16(18)6-7-17(18)20/h3,5,10,14-17,19-20H,2,4,6-9H2,1H3/t14-,15-,16+,17+,18+/m1/s1/i7D2. The normalized spacial score (nSPS) is 46.7. The molecule has 0 bridgehead atoms. The third-order valence-corrected chi connectivity index (χ3v) is 6.30. The van der Waals surface area contributed by atoms with Crippen LogP contribution in [0.2, 0.25) is 0 Å². The summed E-state index contributed by atoms with van der Waals surface area (Å²) in [6.45, 7) is 2.09. The highest BCUT2D eigenvalue weighted by atomic mass is 16.3. The average Bonchev–Trinajstić information content (AvgIpc) is 2.66. The van der Waals surface area contributed by atoms with Gasteiger partial charge < -0.3 is 10.2 Å². The molecule has 0 amide bonds. The summed E-state index contributed by atoms with van der Waals surface area (Å²) in [5.41, 5.74) is 2.32. The van der Waals surface area contributed by atoms with Crippen molar-refractivity contribution >= 4 is 0 Å². The number of aliphatic hydroxyl groups is 1. The maximum Gasteiger partial charge on any atom is 0.115 e. The van der Waals surface area contributed by atoms with E-state index in [2.05, 4.69) is 13.0 Å². The molecule has 0 spiro atoms. The zero-order valence-electron chi connectivity index (χ0n) is 14.0. The van der Waals surface area contributed by atoms with Crippen molar-refractivity contribution in [1.29, 1.82) is 0 Å². The molecule has 5 atom stereocenters. The van der Waals surface area contributed by atoms with Crippen LogP contribution in [-0.4, -0.2) is 16.3 Å². The second-order valence-corrected chi connectivity index (χ2v) is 7.15. The Hall–Kier alpha value is -1.02. The van der Waals surface area contributed by atoms with Crippen molar-refractivity contribution in [3.8, 4) is 5.75 Å². The summed E-state index contributed by atoms with van der Waals surface area (Å²) in [6, 6.07) is 5.73. The monoisotopic (exact) mass is 274 g/mol. The molecule has 108 valence electrons. The molecule has 20 heavy (non-hydrogen) atoms. The van der Waals surface area contributed by atoms with E-state index in [1.54, 1.807) is 6.07 Å². The fraction of sp³-hybridized carbons (Fsp3) is 0.667. The lowest BCUT2D eigenvalue weighted by Crippen LogP contribution is -2.43. The number of phenolic OH excluding ortho intramolecular Hbond substituents is 1. The lowest BCUT2D eigenvalue weighted by atomic mass is 9.55. The molecule has 2 nitrogen and oxygen atoms in total. The first-order chi connectivity index (χ1) is 10.3. The maximum atomic E-state index is 10.5. The Morgan fingerprint density at radius 2 is 2.15 bits per heavy atom. The van der Waals surface area contributed by atoms with Crippen molar-refractivity contribution in [1.82, 2.24) is 0 Å². The van der Waals surface area contributed by atoms with Gasteiger partial charge in [0.1, 0.15) is 5.75 Å². The molecule has 2 fully saturated rings. The van der Waals surface area contributed by atoms with E-state index >= 15 is 0 Å². The fourth-order valence-corrected chi connectivity index (χ4v) is 5.11. The molecular formula is C18H24O2. The smallest absolute Gasteiger partial charge is 0.115 e. The molecule has 0 saturated heterocycles. The zero-order chi connectivity index (χ0) is 15.7. The molecule has 1 aromatic carbocycles. The van der Waals surface area contributed by atoms with Gasteiger partial charge in [-0.1, -0.05) is 13.0 Å². The lowest BCUT2D eigenvalue weighted by Gasteiger charge is -2.50. The van der Waals surface area contributed by atoms with E-state index in [0.717, 1.165) is 25.7 Å². The predicted molar refractivity (Wildman–Crippen MR) is 78.7 cm³/mol. The molecule has 0 aliphatic heterocycles. The summed E-state index contributed by atoms with van der Waals surface area (Å²) in [6.07, 6.45) is 2.10. The van der Waals surface area contributed by atoms with Gasteiger partial charge in [-0.2, -0.15) is 0 Å². The summed E-state index contributed by atoms with van der Waals surface area (Å²) >= 11 is 0. The van der Waals surface area contributed by atoms with Crippen LogP contribution in [-0.2, 0) is 6.42 Å². The van der Waals surface area contributed by atoms with Crippen molar-refractivity contribution in [2.24, 2.45) is 17.3 Å². The van der Waals surface area contributed by atoms with Gasteiger partial charge in [0.25, 0.3) is 0 Å². The van der Waals surface area contributed by atoms with Crippen LogP contribution in [0.25, 0.3) is 0 Å². The fourth-order valence-electron chi connectivity index (χ4n) is 5.11. The number of fused-ring (bicyclic) bond motifs is 5. The number of phenols is 1. The average molecular weight is 274 g/mol. The molecule has 4 rings (SSSR count). The number of aryl methyl sites for hydroxylation is 1. The second kappa shape index (κ2) is 4.24. The summed E-state index contributed by atoms with van der Waals surface area (Å²) in [4.78, 5) is 0. The van der Waals surface area contributed by atoms with Gasteiger partial charge in [-0.15, -0.1) is 0 Å². The topological polar surface area (TPSA) is 40.5 Å². The van der Waals surface area contributed by atoms with Gasteiger partial charge in [0.05, 0.1) is 6.10 Å². The van der Waals surface area contributed by atoms with Crippen LogP contribution >= 0.6 is 0 Å². The van der Waals surface area contributed by atoms with Gasteiger partial charge in [-0.3, -0.25) is 0 Å². The van der Waals surface area contributed by atoms with E-state index in [9.17, 15) is 10.2 Å². The molecule has 2 saturated carbocycles. The first-order valence-corrected chi connectivity index (χ1v) is 7.83. The molecule has 0 unspecified atom stereocenters. The first-order valence-electron chi connectivity index (χ1n) is 8.83. The van der Waals surface area contributed by atoms with E-state index in [1.807, 2.05) is 6.07 Å². The SMILES string of the molecule is [2H]C1([2H])C[C@H]2[C@@H]3CCc4cc(O)ccc4[C@H]3CC[C@]2(C)[C@H]1O. The maximum absolute atomic E-state index is 10.5. The minimum absolute atomic E-state index is 0.262. The highest BCUT2D eigenvalue weighted by Gasteiger charge is 2.54. The third-order valence-electron chi connectivity index (χ3n) is 6.30. The Balaban J connectivity index is 1.72. The van der Waals surface area contributed by atoms with E-state index < -0.39 is 12.5 Å². The van der Waals surface area contributed by atoms with Crippen LogP contribution in [0.15, 0.2) is 18.2 Å². The van der Waals surface area contributed by atoms with Crippen molar-refractivity contribution in [3.05, 3.63) is 29.3 Å². The Morgan fingerprint density at radius 1 is 1.30 bits per heavy atom. The quantitative estimate of drug-likeness (QED) is 0.758. The zero-order valence-corrected chi connectivity index (χ0v) is 12.0. The molecule has 0 radical (unpaired) electrons. The minimum atomic E-state index is -1.45. The molecule has 1 aromatic rings.